The number of nitrogens with zero attached hydrogens (tertiary/aromatic N) is 3. The Labute approximate surface area is 171 Å². The molecule has 3 aromatic rings. The van der Waals surface area contributed by atoms with Gasteiger partial charge in [-0.1, -0.05) is 17.8 Å². The van der Waals surface area contributed by atoms with Crippen LogP contribution in [0.3, 0.4) is 0 Å². The first kappa shape index (κ1) is 21.1. The monoisotopic (exact) mass is 435 g/mol. The van der Waals surface area contributed by atoms with Crippen LogP contribution in [0.2, 0.25) is 0 Å². The van der Waals surface area contributed by atoms with Crippen LogP contribution in [0.15, 0.2) is 52.8 Å². The second kappa shape index (κ2) is 8.82. The molecule has 0 amide bonds. The van der Waals surface area contributed by atoms with E-state index >= 15 is 0 Å². The van der Waals surface area contributed by atoms with Crippen molar-refractivity contribution in [3.63, 3.8) is 0 Å². The van der Waals surface area contributed by atoms with Gasteiger partial charge in [0.25, 0.3) is 0 Å². The van der Waals surface area contributed by atoms with Crippen molar-refractivity contribution in [1.29, 1.82) is 0 Å². The minimum Gasteiger partial charge on any atom is -0.391 e. The van der Waals surface area contributed by atoms with Crippen molar-refractivity contribution in [3.8, 4) is 11.3 Å². The third-order valence-corrected chi connectivity index (χ3v) is 5.50. The standard InChI is InChI=1S/C18H18FN5O3S2/c1-28-18-23-9-12(10-25)17(24-18)22-8-11-2-5-16(21-7-11)14-6-13(29(20,26)27)3-4-15(14)19/h2-7,9,25H,8,10H2,1H3,(H2,20,26,27)(H,22,23,24). The second-order valence-corrected chi connectivity index (χ2v) is 8.32. The normalized spacial score (nSPS) is 11.4. The number of anilines is 1. The van der Waals surface area contributed by atoms with Gasteiger partial charge in [-0.15, -0.1) is 0 Å². The van der Waals surface area contributed by atoms with Crippen LogP contribution in [0.1, 0.15) is 11.1 Å². The van der Waals surface area contributed by atoms with Crippen LogP contribution in [-0.2, 0) is 23.2 Å². The van der Waals surface area contributed by atoms with Crippen molar-refractivity contribution >= 4 is 27.6 Å². The number of aliphatic hydroxyl groups is 1. The number of hydrogen-bond donors (Lipinski definition) is 3. The Morgan fingerprint density at radius 2 is 2.00 bits per heavy atom. The summed E-state index contributed by atoms with van der Waals surface area (Å²) in [5.74, 6) is -0.0863. The second-order valence-electron chi connectivity index (χ2n) is 5.98. The lowest BCUT2D eigenvalue weighted by atomic mass is 10.1. The Morgan fingerprint density at radius 3 is 2.62 bits per heavy atom. The van der Waals surface area contributed by atoms with Gasteiger partial charge >= 0.3 is 0 Å². The molecular weight excluding hydrogens is 417 g/mol. The highest BCUT2D eigenvalue weighted by Crippen LogP contribution is 2.24. The van der Waals surface area contributed by atoms with E-state index in [4.69, 9.17) is 5.14 Å². The zero-order chi connectivity index (χ0) is 21.0. The number of benzene rings is 1. The fraction of sp³-hybridized carbons (Fsp3) is 0.167. The summed E-state index contributed by atoms with van der Waals surface area (Å²) in [6, 6.07) is 6.62. The highest BCUT2D eigenvalue weighted by molar-refractivity contribution is 7.98. The van der Waals surface area contributed by atoms with Crippen LogP contribution in [0.5, 0.6) is 0 Å². The number of pyridine rings is 1. The highest BCUT2D eigenvalue weighted by atomic mass is 32.2. The number of aromatic nitrogens is 3. The number of sulfonamides is 1. The minimum absolute atomic E-state index is 0.0408. The van der Waals surface area contributed by atoms with Gasteiger partial charge in [0.05, 0.1) is 17.2 Å². The third kappa shape index (κ3) is 5.07. The average Bonchev–Trinajstić information content (AvgIpc) is 2.72. The van der Waals surface area contributed by atoms with E-state index in [9.17, 15) is 17.9 Å². The first-order valence-electron chi connectivity index (χ1n) is 8.34. The van der Waals surface area contributed by atoms with E-state index < -0.39 is 15.8 Å². The van der Waals surface area contributed by atoms with E-state index in [0.717, 1.165) is 23.8 Å². The first-order chi connectivity index (χ1) is 13.8. The van der Waals surface area contributed by atoms with Crippen molar-refractivity contribution in [2.45, 2.75) is 23.2 Å². The molecule has 0 fully saturated rings. The van der Waals surface area contributed by atoms with E-state index in [1.165, 1.54) is 11.8 Å². The summed E-state index contributed by atoms with van der Waals surface area (Å²) < 4.78 is 37.1. The van der Waals surface area contributed by atoms with E-state index in [0.29, 0.717) is 23.1 Å². The first-order valence-corrected chi connectivity index (χ1v) is 11.1. The van der Waals surface area contributed by atoms with Crippen LogP contribution >= 0.6 is 11.8 Å². The molecule has 0 bridgehead atoms. The van der Waals surface area contributed by atoms with Crippen molar-refractivity contribution in [2.24, 2.45) is 5.14 Å². The number of aliphatic hydroxyl groups excluding tert-OH is 1. The summed E-state index contributed by atoms with van der Waals surface area (Å²) in [6.45, 7) is 0.165. The molecule has 4 N–H and O–H groups in total. The van der Waals surface area contributed by atoms with Crippen LogP contribution in [0, 0.1) is 5.82 Å². The molecule has 0 atom stereocenters. The smallest absolute Gasteiger partial charge is 0.238 e. The molecule has 0 saturated heterocycles. The Morgan fingerprint density at radius 1 is 1.21 bits per heavy atom. The molecule has 11 heteroatoms. The Balaban J connectivity index is 1.80. The molecule has 0 aliphatic heterocycles. The minimum atomic E-state index is -3.95. The zero-order valence-electron chi connectivity index (χ0n) is 15.3. The van der Waals surface area contributed by atoms with Crippen LogP contribution < -0.4 is 10.5 Å². The van der Waals surface area contributed by atoms with Gasteiger partial charge in [0.15, 0.2) is 5.16 Å². The maximum atomic E-state index is 14.1. The SMILES string of the molecule is CSc1ncc(CO)c(NCc2ccc(-c3cc(S(N)(=O)=O)ccc3F)nc2)n1. The van der Waals surface area contributed by atoms with Gasteiger partial charge in [0.1, 0.15) is 11.6 Å². The Kier molecular flexibility index (Phi) is 6.42. The maximum Gasteiger partial charge on any atom is 0.238 e. The van der Waals surface area contributed by atoms with Gasteiger partial charge in [0, 0.05) is 30.1 Å². The van der Waals surface area contributed by atoms with E-state index in [1.807, 2.05) is 6.26 Å². The molecule has 152 valence electrons. The molecule has 8 nitrogen and oxygen atoms in total. The van der Waals surface area contributed by atoms with Gasteiger partial charge in [-0.2, -0.15) is 0 Å². The predicted octanol–water partition coefficient (Wildman–Crippen LogP) is 2.15. The summed E-state index contributed by atoms with van der Waals surface area (Å²) in [7, 11) is -3.95. The van der Waals surface area contributed by atoms with Gasteiger partial charge in [-0.3, -0.25) is 4.98 Å². The fourth-order valence-corrected chi connectivity index (χ4v) is 3.39. The van der Waals surface area contributed by atoms with E-state index in [2.05, 4.69) is 20.3 Å². The summed E-state index contributed by atoms with van der Waals surface area (Å²) in [5.41, 5.74) is 1.66. The largest absolute Gasteiger partial charge is 0.391 e. The molecule has 0 aliphatic carbocycles. The summed E-state index contributed by atoms with van der Waals surface area (Å²) in [5, 5.41) is 18.2. The summed E-state index contributed by atoms with van der Waals surface area (Å²) in [4.78, 5) is 12.5. The number of primary sulfonamides is 1. The molecule has 29 heavy (non-hydrogen) atoms. The molecule has 3 rings (SSSR count). The van der Waals surface area contributed by atoms with Gasteiger partial charge in [0.2, 0.25) is 10.0 Å². The summed E-state index contributed by atoms with van der Waals surface area (Å²) in [6.07, 6.45) is 4.95. The molecule has 2 heterocycles. The van der Waals surface area contributed by atoms with Gasteiger partial charge in [-0.25, -0.2) is 27.9 Å². The molecule has 0 unspecified atom stereocenters. The number of halogens is 1. The van der Waals surface area contributed by atoms with E-state index in [-0.39, 0.29) is 22.8 Å². The molecule has 1 aromatic carbocycles. The zero-order valence-corrected chi connectivity index (χ0v) is 17.0. The van der Waals surface area contributed by atoms with Crippen molar-refractivity contribution in [1.82, 2.24) is 15.0 Å². The molecule has 0 aliphatic rings. The van der Waals surface area contributed by atoms with Crippen molar-refractivity contribution < 1.29 is 17.9 Å². The Bertz CT molecular complexity index is 1120. The lowest BCUT2D eigenvalue weighted by Gasteiger charge is -2.11. The highest BCUT2D eigenvalue weighted by Gasteiger charge is 2.14. The molecule has 0 radical (unpaired) electrons. The number of nitrogens with two attached hydrogens (primary N) is 1. The molecule has 0 spiro atoms. The van der Waals surface area contributed by atoms with Crippen LogP contribution in [0.4, 0.5) is 10.2 Å². The molecular formula is C18H18FN5O3S2. The lowest BCUT2D eigenvalue weighted by Crippen LogP contribution is -2.12. The third-order valence-electron chi connectivity index (χ3n) is 4.02. The number of thioether (sulfide) groups is 1. The quantitative estimate of drug-likeness (QED) is 0.380. The maximum absolute atomic E-state index is 14.1. The average molecular weight is 436 g/mol. The summed E-state index contributed by atoms with van der Waals surface area (Å²) >= 11 is 1.38. The fourth-order valence-electron chi connectivity index (χ4n) is 2.51. The van der Waals surface area contributed by atoms with E-state index in [1.54, 1.807) is 24.5 Å². The number of nitrogens with one attached hydrogen (secondary N) is 1. The van der Waals surface area contributed by atoms with Gasteiger partial charge < -0.3 is 10.4 Å². The van der Waals surface area contributed by atoms with Crippen molar-refractivity contribution in [2.75, 3.05) is 11.6 Å². The Hall–Kier alpha value is -2.60. The van der Waals surface area contributed by atoms with Gasteiger partial charge in [-0.05, 0) is 36.1 Å². The molecule has 2 aromatic heterocycles. The molecule has 0 saturated carbocycles. The lowest BCUT2D eigenvalue weighted by molar-refractivity contribution is 0.281. The number of hydrogen-bond acceptors (Lipinski definition) is 8. The van der Waals surface area contributed by atoms with Crippen molar-refractivity contribution in [3.05, 3.63) is 59.7 Å². The number of rotatable bonds is 7. The predicted molar refractivity (Wildman–Crippen MR) is 108 cm³/mol. The van der Waals surface area contributed by atoms with Crippen LogP contribution in [0.25, 0.3) is 11.3 Å². The van der Waals surface area contributed by atoms with Crippen LogP contribution in [-0.4, -0.2) is 34.7 Å². The topological polar surface area (TPSA) is 131 Å².